The molecule has 5 nitrogen and oxygen atoms in total. The predicted molar refractivity (Wildman–Crippen MR) is 68.0 cm³/mol. The summed E-state index contributed by atoms with van der Waals surface area (Å²) in [6.45, 7) is 3.42. The number of carbonyl (C=O) groups is 2. The Morgan fingerprint density at radius 1 is 1.39 bits per heavy atom. The second-order valence-electron chi connectivity index (χ2n) is 4.72. The van der Waals surface area contributed by atoms with Crippen molar-refractivity contribution >= 4 is 17.5 Å². The van der Waals surface area contributed by atoms with Crippen LogP contribution in [0.15, 0.2) is 24.3 Å². The van der Waals surface area contributed by atoms with Crippen molar-refractivity contribution in [2.75, 3.05) is 5.73 Å². The smallest absolute Gasteiger partial charge is 0.238 e. The molecular weight excluding hydrogens is 230 g/mol. The Bertz CT molecular complexity index is 470. The maximum Gasteiger partial charge on any atom is 0.238 e. The zero-order chi connectivity index (χ0) is 13.3. The Balaban J connectivity index is 2.35. The molecule has 2 atom stereocenters. The van der Waals surface area contributed by atoms with Crippen LogP contribution in [-0.4, -0.2) is 16.8 Å². The van der Waals surface area contributed by atoms with Crippen molar-refractivity contribution < 1.29 is 9.59 Å². The number of anilines is 1. The van der Waals surface area contributed by atoms with Gasteiger partial charge in [-0.2, -0.15) is 0 Å². The van der Waals surface area contributed by atoms with Crippen LogP contribution in [0.25, 0.3) is 0 Å². The Kier molecular flexibility index (Phi) is 3.23. The lowest BCUT2D eigenvalue weighted by atomic mass is 9.89. The van der Waals surface area contributed by atoms with Crippen LogP contribution in [0.5, 0.6) is 0 Å². The van der Waals surface area contributed by atoms with E-state index in [1.807, 2.05) is 19.1 Å². The summed E-state index contributed by atoms with van der Waals surface area (Å²) in [5, 5.41) is 1.40. The zero-order valence-electron chi connectivity index (χ0n) is 10.5. The third kappa shape index (κ3) is 2.30. The highest BCUT2D eigenvalue weighted by molar-refractivity contribution is 5.82. The first-order valence-corrected chi connectivity index (χ1v) is 5.93. The van der Waals surface area contributed by atoms with Crippen LogP contribution in [0, 0.1) is 5.92 Å². The van der Waals surface area contributed by atoms with Gasteiger partial charge in [0.1, 0.15) is 0 Å². The molecule has 5 heteroatoms. The average molecular weight is 247 g/mol. The number of nitrogens with one attached hydrogen (secondary N) is 1. The third-order valence-electron chi connectivity index (χ3n) is 3.19. The molecule has 2 rings (SSSR count). The Hall–Kier alpha value is -2.04. The van der Waals surface area contributed by atoms with Crippen LogP contribution in [0.2, 0.25) is 0 Å². The molecule has 1 fully saturated rings. The van der Waals surface area contributed by atoms with Gasteiger partial charge in [-0.15, -0.1) is 0 Å². The second-order valence-corrected chi connectivity index (χ2v) is 4.72. The molecule has 18 heavy (non-hydrogen) atoms. The predicted octanol–water partition coefficient (Wildman–Crippen LogP) is 1.23. The summed E-state index contributed by atoms with van der Waals surface area (Å²) in [5.74, 6) is -0.215. The van der Waals surface area contributed by atoms with Gasteiger partial charge in [0.2, 0.25) is 11.8 Å². The van der Waals surface area contributed by atoms with Crippen molar-refractivity contribution in [1.82, 2.24) is 10.4 Å². The number of nitrogens with two attached hydrogens (primary N) is 1. The van der Waals surface area contributed by atoms with Gasteiger partial charge in [0.15, 0.2) is 0 Å². The van der Waals surface area contributed by atoms with Gasteiger partial charge in [0.25, 0.3) is 0 Å². The molecule has 0 saturated carbocycles. The van der Waals surface area contributed by atoms with Crippen LogP contribution in [0.1, 0.15) is 31.9 Å². The molecule has 1 aromatic carbocycles. The SMILES string of the molecule is CC(=O)N1NC(=O)C[C@@H](C)C1c1ccc(N)cc1. The van der Waals surface area contributed by atoms with Crippen molar-refractivity contribution in [3.05, 3.63) is 29.8 Å². The molecular formula is C13H17N3O2. The first-order valence-electron chi connectivity index (χ1n) is 5.93. The number of rotatable bonds is 1. The highest BCUT2D eigenvalue weighted by Crippen LogP contribution is 2.33. The van der Waals surface area contributed by atoms with Crippen molar-refractivity contribution in [1.29, 1.82) is 0 Å². The van der Waals surface area contributed by atoms with E-state index in [0.717, 1.165) is 5.56 Å². The molecule has 0 spiro atoms. The summed E-state index contributed by atoms with van der Waals surface area (Å²) in [4.78, 5) is 23.1. The van der Waals surface area contributed by atoms with E-state index in [-0.39, 0.29) is 23.8 Å². The number of hydrogen-bond acceptors (Lipinski definition) is 3. The minimum Gasteiger partial charge on any atom is -0.399 e. The second kappa shape index (κ2) is 4.68. The lowest BCUT2D eigenvalue weighted by Gasteiger charge is -2.39. The van der Waals surface area contributed by atoms with Crippen molar-refractivity contribution in [3.63, 3.8) is 0 Å². The Morgan fingerprint density at radius 3 is 2.56 bits per heavy atom. The highest BCUT2D eigenvalue weighted by atomic mass is 16.2. The highest BCUT2D eigenvalue weighted by Gasteiger charge is 2.35. The molecule has 96 valence electrons. The first kappa shape index (κ1) is 12.4. The van der Waals surface area contributed by atoms with Gasteiger partial charge in [0, 0.05) is 19.0 Å². The number of hydrazine groups is 1. The van der Waals surface area contributed by atoms with Crippen LogP contribution in [0.3, 0.4) is 0 Å². The zero-order valence-corrected chi connectivity index (χ0v) is 10.5. The van der Waals surface area contributed by atoms with Crippen molar-refractivity contribution in [3.8, 4) is 0 Å². The lowest BCUT2D eigenvalue weighted by molar-refractivity contribution is -0.150. The fourth-order valence-electron chi connectivity index (χ4n) is 2.35. The molecule has 1 saturated heterocycles. The van der Waals surface area contributed by atoms with Crippen LogP contribution >= 0.6 is 0 Å². The third-order valence-corrected chi connectivity index (χ3v) is 3.19. The van der Waals surface area contributed by atoms with Crippen LogP contribution in [-0.2, 0) is 9.59 Å². The Labute approximate surface area is 106 Å². The number of hydrogen-bond donors (Lipinski definition) is 2. The molecule has 0 aliphatic carbocycles. The summed E-state index contributed by atoms with van der Waals surface area (Å²) in [6.07, 6.45) is 0.415. The largest absolute Gasteiger partial charge is 0.399 e. The van der Waals surface area contributed by atoms with Gasteiger partial charge < -0.3 is 5.73 Å². The van der Waals surface area contributed by atoms with Gasteiger partial charge in [-0.1, -0.05) is 19.1 Å². The van der Waals surface area contributed by atoms with Gasteiger partial charge in [-0.3, -0.25) is 15.0 Å². The monoisotopic (exact) mass is 247 g/mol. The summed E-state index contributed by atoms with van der Waals surface area (Å²) >= 11 is 0. The minimum atomic E-state index is -0.170. The lowest BCUT2D eigenvalue weighted by Crippen LogP contribution is -2.53. The molecule has 2 amide bonds. The molecule has 3 N–H and O–H groups in total. The fourth-order valence-corrected chi connectivity index (χ4v) is 2.35. The maximum atomic E-state index is 11.6. The molecule has 0 aromatic heterocycles. The Morgan fingerprint density at radius 2 is 2.00 bits per heavy atom. The summed E-state index contributed by atoms with van der Waals surface area (Å²) in [5.41, 5.74) is 9.94. The normalized spacial score (nSPS) is 23.7. The molecule has 0 bridgehead atoms. The van der Waals surface area contributed by atoms with E-state index in [0.29, 0.717) is 12.1 Å². The van der Waals surface area contributed by atoms with Crippen molar-refractivity contribution in [2.24, 2.45) is 5.92 Å². The number of amides is 2. The standard InChI is InChI=1S/C13H17N3O2/c1-8-7-12(18)15-16(9(2)17)13(8)10-3-5-11(14)6-4-10/h3-6,8,13H,7,14H2,1-2H3,(H,15,18)/t8-,13?/m1/s1. The molecule has 0 radical (unpaired) electrons. The first-order chi connectivity index (χ1) is 8.49. The van der Waals surface area contributed by atoms with E-state index in [1.54, 1.807) is 12.1 Å². The van der Waals surface area contributed by atoms with E-state index in [1.165, 1.54) is 11.9 Å². The topological polar surface area (TPSA) is 75.4 Å². The average Bonchev–Trinajstić information content (AvgIpc) is 2.29. The molecule has 1 aromatic rings. The summed E-state index contributed by atoms with van der Waals surface area (Å²) in [6, 6.07) is 7.25. The molecule has 1 aliphatic heterocycles. The van der Waals surface area contributed by atoms with E-state index in [4.69, 9.17) is 5.73 Å². The van der Waals surface area contributed by atoms with Gasteiger partial charge in [-0.25, -0.2) is 5.01 Å². The number of nitrogens with zero attached hydrogens (tertiary/aromatic N) is 1. The van der Waals surface area contributed by atoms with E-state index in [9.17, 15) is 9.59 Å². The number of carbonyl (C=O) groups excluding carboxylic acids is 2. The van der Waals surface area contributed by atoms with Gasteiger partial charge in [-0.05, 0) is 23.6 Å². The minimum absolute atomic E-state index is 0.0753. The van der Waals surface area contributed by atoms with Gasteiger partial charge in [0.05, 0.1) is 6.04 Å². The fraction of sp³-hybridized carbons (Fsp3) is 0.385. The van der Waals surface area contributed by atoms with Gasteiger partial charge >= 0.3 is 0 Å². The summed E-state index contributed by atoms with van der Waals surface area (Å²) in [7, 11) is 0. The van der Waals surface area contributed by atoms with Crippen LogP contribution < -0.4 is 11.2 Å². The van der Waals surface area contributed by atoms with E-state index in [2.05, 4.69) is 5.43 Å². The maximum absolute atomic E-state index is 11.6. The summed E-state index contributed by atoms with van der Waals surface area (Å²) < 4.78 is 0. The van der Waals surface area contributed by atoms with E-state index < -0.39 is 0 Å². The van der Waals surface area contributed by atoms with Crippen LogP contribution in [0.4, 0.5) is 5.69 Å². The molecule has 1 aliphatic rings. The molecule has 1 heterocycles. The quantitative estimate of drug-likeness (QED) is 0.733. The van der Waals surface area contributed by atoms with Crippen molar-refractivity contribution in [2.45, 2.75) is 26.3 Å². The number of nitrogen functional groups attached to an aromatic ring is 1. The number of benzene rings is 1. The molecule has 1 unspecified atom stereocenters. The van der Waals surface area contributed by atoms with E-state index >= 15 is 0 Å².